The first kappa shape index (κ1) is 15.8. The minimum absolute atomic E-state index is 0.0390. The fourth-order valence-electron chi connectivity index (χ4n) is 1.44. The summed E-state index contributed by atoms with van der Waals surface area (Å²) >= 11 is 5.76. The van der Waals surface area contributed by atoms with Gasteiger partial charge in [-0.1, -0.05) is 17.7 Å². The van der Waals surface area contributed by atoms with Crippen molar-refractivity contribution < 1.29 is 22.4 Å². The summed E-state index contributed by atoms with van der Waals surface area (Å²) in [6.45, 7) is 0.0390. The maximum atomic E-state index is 13.3. The van der Waals surface area contributed by atoms with Gasteiger partial charge in [-0.15, -0.1) is 0 Å². The van der Waals surface area contributed by atoms with E-state index in [2.05, 4.69) is 5.32 Å². The molecule has 0 aliphatic carbocycles. The molecule has 0 aliphatic rings. The summed E-state index contributed by atoms with van der Waals surface area (Å²) < 4.78 is 48.9. The molecule has 0 heterocycles. The van der Waals surface area contributed by atoms with Crippen LogP contribution in [0.2, 0.25) is 5.02 Å². The van der Waals surface area contributed by atoms with Gasteiger partial charge in [-0.2, -0.15) is 13.2 Å². The molecule has 0 atom stereocenters. The summed E-state index contributed by atoms with van der Waals surface area (Å²) in [5.74, 6) is -1.22. The van der Waals surface area contributed by atoms with Gasteiger partial charge < -0.3 is 5.32 Å². The molecule has 0 unspecified atom stereocenters. The fourth-order valence-corrected chi connectivity index (χ4v) is 1.70. The lowest BCUT2D eigenvalue weighted by Gasteiger charge is -2.08. The van der Waals surface area contributed by atoms with Crippen molar-refractivity contribution in [2.45, 2.75) is 25.4 Å². The Labute approximate surface area is 112 Å². The van der Waals surface area contributed by atoms with Crippen LogP contribution in [0.3, 0.4) is 0 Å². The first-order chi connectivity index (χ1) is 8.79. The molecule has 1 rings (SSSR count). The Kier molecular flexibility index (Phi) is 5.60. The number of hydrogen-bond donors (Lipinski definition) is 1. The van der Waals surface area contributed by atoms with Crippen molar-refractivity contribution in [1.29, 1.82) is 0 Å². The highest BCUT2D eigenvalue weighted by molar-refractivity contribution is 6.31. The van der Waals surface area contributed by atoms with Gasteiger partial charge in [-0.05, 0) is 18.6 Å². The second-order valence-electron chi connectivity index (χ2n) is 3.92. The second-order valence-corrected chi connectivity index (χ2v) is 4.32. The SMILES string of the molecule is O=C(CCC(F)(F)F)NCCc1c(F)cccc1Cl. The van der Waals surface area contributed by atoms with Crippen molar-refractivity contribution in [3.8, 4) is 0 Å². The molecule has 0 aliphatic heterocycles. The third-order valence-electron chi connectivity index (χ3n) is 2.39. The zero-order valence-electron chi connectivity index (χ0n) is 9.86. The highest BCUT2D eigenvalue weighted by Gasteiger charge is 2.27. The van der Waals surface area contributed by atoms with E-state index in [9.17, 15) is 22.4 Å². The van der Waals surface area contributed by atoms with E-state index in [0.717, 1.165) is 0 Å². The average Bonchev–Trinajstić information content (AvgIpc) is 2.29. The number of carbonyl (C=O) groups excluding carboxylic acids is 1. The standard InChI is InChI=1S/C12H12ClF4NO/c13-9-2-1-3-10(14)8(9)5-7-18-11(19)4-6-12(15,16)17/h1-3H,4-7H2,(H,18,19). The first-order valence-corrected chi connectivity index (χ1v) is 5.94. The Hall–Kier alpha value is -1.30. The highest BCUT2D eigenvalue weighted by atomic mass is 35.5. The largest absolute Gasteiger partial charge is 0.389 e. The van der Waals surface area contributed by atoms with E-state index in [0.29, 0.717) is 0 Å². The predicted molar refractivity (Wildman–Crippen MR) is 63.4 cm³/mol. The number of hydrogen-bond acceptors (Lipinski definition) is 1. The molecule has 0 fully saturated rings. The quantitative estimate of drug-likeness (QED) is 0.828. The third kappa shape index (κ3) is 5.92. The summed E-state index contributed by atoms with van der Waals surface area (Å²) in [5.41, 5.74) is 0.236. The van der Waals surface area contributed by atoms with Gasteiger partial charge >= 0.3 is 6.18 Å². The minimum Gasteiger partial charge on any atom is -0.356 e. The van der Waals surface area contributed by atoms with Gasteiger partial charge in [0.1, 0.15) is 5.82 Å². The summed E-state index contributed by atoms with van der Waals surface area (Å²) in [4.78, 5) is 11.1. The van der Waals surface area contributed by atoms with Crippen molar-refractivity contribution in [2.75, 3.05) is 6.54 Å². The molecule has 7 heteroatoms. The number of amides is 1. The van der Waals surface area contributed by atoms with E-state index in [1.54, 1.807) is 0 Å². The zero-order chi connectivity index (χ0) is 14.5. The maximum Gasteiger partial charge on any atom is 0.389 e. The fraction of sp³-hybridized carbons (Fsp3) is 0.417. The number of benzene rings is 1. The number of alkyl halides is 3. The van der Waals surface area contributed by atoms with Gasteiger partial charge in [0, 0.05) is 23.6 Å². The van der Waals surface area contributed by atoms with E-state index < -0.39 is 30.7 Å². The number of rotatable bonds is 5. The first-order valence-electron chi connectivity index (χ1n) is 5.56. The molecule has 19 heavy (non-hydrogen) atoms. The summed E-state index contributed by atoms with van der Waals surface area (Å²) in [6.07, 6.45) is -6.02. The molecule has 1 aromatic carbocycles. The van der Waals surface area contributed by atoms with Crippen LogP contribution >= 0.6 is 11.6 Å². The molecule has 2 nitrogen and oxygen atoms in total. The van der Waals surface area contributed by atoms with E-state index in [4.69, 9.17) is 11.6 Å². The molecule has 0 saturated heterocycles. The van der Waals surface area contributed by atoms with Crippen LogP contribution in [0.1, 0.15) is 18.4 Å². The van der Waals surface area contributed by atoms with Crippen LogP contribution in [-0.2, 0) is 11.2 Å². The molecular weight excluding hydrogens is 286 g/mol. The molecule has 0 bridgehead atoms. The van der Waals surface area contributed by atoms with Crippen molar-refractivity contribution in [3.05, 3.63) is 34.6 Å². The van der Waals surface area contributed by atoms with Gasteiger partial charge in [0.05, 0.1) is 6.42 Å². The lowest BCUT2D eigenvalue weighted by molar-refractivity contribution is -0.144. The molecule has 0 saturated carbocycles. The Balaban J connectivity index is 2.36. The lowest BCUT2D eigenvalue weighted by atomic mass is 10.1. The molecule has 1 N–H and O–H groups in total. The zero-order valence-corrected chi connectivity index (χ0v) is 10.6. The van der Waals surface area contributed by atoms with E-state index >= 15 is 0 Å². The van der Waals surface area contributed by atoms with Gasteiger partial charge in [-0.3, -0.25) is 4.79 Å². The van der Waals surface area contributed by atoms with Gasteiger partial charge in [0.25, 0.3) is 0 Å². The topological polar surface area (TPSA) is 29.1 Å². The van der Waals surface area contributed by atoms with E-state index in [1.165, 1.54) is 18.2 Å². The van der Waals surface area contributed by atoms with Crippen LogP contribution in [0, 0.1) is 5.82 Å². The van der Waals surface area contributed by atoms with Crippen molar-refractivity contribution >= 4 is 17.5 Å². The van der Waals surface area contributed by atoms with Crippen LogP contribution < -0.4 is 5.32 Å². The van der Waals surface area contributed by atoms with Gasteiger partial charge in [-0.25, -0.2) is 4.39 Å². The van der Waals surface area contributed by atoms with Crippen LogP contribution in [0.4, 0.5) is 17.6 Å². The smallest absolute Gasteiger partial charge is 0.356 e. The maximum absolute atomic E-state index is 13.3. The third-order valence-corrected chi connectivity index (χ3v) is 2.75. The predicted octanol–water partition coefficient (Wildman–Crippen LogP) is 3.48. The average molecular weight is 298 g/mol. The van der Waals surface area contributed by atoms with Crippen molar-refractivity contribution in [2.24, 2.45) is 0 Å². The number of nitrogens with one attached hydrogen (secondary N) is 1. The Morgan fingerprint density at radius 3 is 2.58 bits per heavy atom. The van der Waals surface area contributed by atoms with Gasteiger partial charge in [0.2, 0.25) is 5.91 Å². The van der Waals surface area contributed by atoms with Crippen LogP contribution in [0.15, 0.2) is 18.2 Å². The Morgan fingerprint density at radius 2 is 2.00 bits per heavy atom. The molecule has 0 spiro atoms. The summed E-state index contributed by atoms with van der Waals surface area (Å²) in [6, 6.07) is 4.18. The Bertz CT molecular complexity index is 428. The van der Waals surface area contributed by atoms with Crippen LogP contribution in [-0.4, -0.2) is 18.6 Å². The molecule has 106 valence electrons. The van der Waals surface area contributed by atoms with E-state index in [-0.39, 0.29) is 23.6 Å². The number of halogens is 5. The molecule has 1 aromatic rings. The summed E-state index contributed by atoms with van der Waals surface area (Å²) in [5, 5.41) is 2.52. The van der Waals surface area contributed by atoms with Crippen LogP contribution in [0.5, 0.6) is 0 Å². The highest BCUT2D eigenvalue weighted by Crippen LogP contribution is 2.21. The molecule has 0 aromatic heterocycles. The lowest BCUT2D eigenvalue weighted by Crippen LogP contribution is -2.27. The molecule has 0 radical (unpaired) electrons. The number of carbonyl (C=O) groups is 1. The summed E-state index contributed by atoms with van der Waals surface area (Å²) in [7, 11) is 0. The minimum atomic E-state index is -4.35. The van der Waals surface area contributed by atoms with Crippen LogP contribution in [0.25, 0.3) is 0 Å². The normalized spacial score (nSPS) is 11.4. The van der Waals surface area contributed by atoms with Crippen molar-refractivity contribution in [1.82, 2.24) is 5.32 Å². The monoisotopic (exact) mass is 297 g/mol. The molecular formula is C12H12ClF4NO. The second kappa shape index (κ2) is 6.75. The van der Waals surface area contributed by atoms with Gasteiger partial charge in [0.15, 0.2) is 0 Å². The van der Waals surface area contributed by atoms with E-state index in [1.807, 2.05) is 0 Å². The van der Waals surface area contributed by atoms with Crippen molar-refractivity contribution in [3.63, 3.8) is 0 Å². The molecule has 1 amide bonds. The Morgan fingerprint density at radius 1 is 1.32 bits per heavy atom.